The zero-order valence-corrected chi connectivity index (χ0v) is 11.4. The molecular formula is Cl5TiZn. The quantitative estimate of drug-likeness (QED) is 0.600. The van der Waals surface area contributed by atoms with Crippen molar-refractivity contribution in [1.29, 1.82) is 0 Å². The first kappa shape index (κ1) is 12.5. The predicted molar refractivity (Wildman–Crippen MR) is 29.3 cm³/mol. The molecule has 0 spiro atoms. The minimum absolute atomic E-state index is 0.931. The van der Waals surface area contributed by atoms with Crippen molar-refractivity contribution in [3.63, 3.8) is 0 Å². The molecular weight excluding hydrogens is 291 g/mol. The van der Waals surface area contributed by atoms with Gasteiger partial charge in [-0.05, 0) is 0 Å². The van der Waals surface area contributed by atoms with Crippen molar-refractivity contribution in [1.82, 2.24) is 0 Å². The molecule has 0 saturated carbocycles. The number of rotatable bonds is 0. The average molecular weight is 291 g/mol. The Morgan fingerprint density at radius 3 is 1.00 bits per heavy atom. The summed E-state index contributed by atoms with van der Waals surface area (Å²) in [7, 11) is 24.8. The summed E-state index contributed by atoms with van der Waals surface area (Å²) in [4.78, 5) is 0. The second-order valence-electron chi connectivity index (χ2n) is 0.315. The second-order valence-corrected chi connectivity index (χ2v) is 12.7. The van der Waals surface area contributed by atoms with Crippen LogP contribution in [0.5, 0.6) is 0 Å². The number of hydrogen-bond acceptors (Lipinski definition) is 0. The molecule has 0 aromatic carbocycles. The fourth-order valence-electron chi connectivity index (χ4n) is 0. The van der Waals surface area contributed by atoms with Crippen LogP contribution in [0.4, 0.5) is 0 Å². The van der Waals surface area contributed by atoms with Gasteiger partial charge in [0.05, 0.1) is 0 Å². The molecule has 0 amide bonds. The van der Waals surface area contributed by atoms with Gasteiger partial charge in [0, 0.05) is 0 Å². The molecule has 0 unspecified atom stereocenters. The molecule has 41 valence electrons. The van der Waals surface area contributed by atoms with Gasteiger partial charge in [0.1, 0.15) is 0 Å². The van der Waals surface area contributed by atoms with Crippen molar-refractivity contribution < 1.29 is 29.8 Å². The van der Waals surface area contributed by atoms with E-state index in [2.05, 4.69) is 0 Å². The van der Waals surface area contributed by atoms with E-state index in [1.165, 1.54) is 0 Å². The van der Waals surface area contributed by atoms with Crippen LogP contribution in [0.2, 0.25) is 0 Å². The summed E-state index contributed by atoms with van der Waals surface area (Å²) in [6.07, 6.45) is 0. The molecule has 0 nitrogen and oxygen atoms in total. The Hall–Kier alpha value is 2.79. The molecule has 0 radical (unpaired) electrons. The molecule has 0 heterocycles. The van der Waals surface area contributed by atoms with E-state index in [4.69, 9.17) is 47.3 Å². The van der Waals surface area contributed by atoms with Gasteiger partial charge in [-0.2, -0.15) is 0 Å². The third-order valence-electron chi connectivity index (χ3n) is 0. The van der Waals surface area contributed by atoms with Crippen LogP contribution in [-0.4, -0.2) is 0 Å². The fraction of sp³-hybridized carbons (Fsp3) is 0. The summed E-state index contributed by atoms with van der Waals surface area (Å²) in [5.41, 5.74) is 0. The molecule has 0 fully saturated rings. The van der Waals surface area contributed by atoms with Gasteiger partial charge in [-0.3, -0.25) is 0 Å². The third kappa shape index (κ3) is 52.1. The van der Waals surface area contributed by atoms with E-state index in [-0.39, 0.29) is 0 Å². The normalized spacial score (nSPS) is 5.29. The van der Waals surface area contributed by atoms with Crippen molar-refractivity contribution in [2.45, 2.75) is 0 Å². The Kier molecular flexibility index (Phi) is 20.6. The molecule has 0 aromatic rings. The van der Waals surface area contributed by atoms with Gasteiger partial charge in [0.25, 0.3) is 0 Å². The van der Waals surface area contributed by atoms with Gasteiger partial charge in [-0.15, -0.1) is 0 Å². The van der Waals surface area contributed by atoms with Crippen LogP contribution in [0.25, 0.3) is 0 Å². The summed E-state index contributed by atoms with van der Waals surface area (Å²) in [5, 5.41) is 0. The molecule has 0 aliphatic carbocycles. The fourth-order valence-corrected chi connectivity index (χ4v) is 0. The Morgan fingerprint density at radius 1 is 1.00 bits per heavy atom. The monoisotopic (exact) mass is 287 g/mol. The molecule has 0 bridgehead atoms. The van der Waals surface area contributed by atoms with Gasteiger partial charge < -0.3 is 0 Å². The number of halogens is 5. The van der Waals surface area contributed by atoms with E-state index >= 15 is 0 Å². The Bertz CT molecular complexity index is 19.3. The van der Waals surface area contributed by atoms with Crippen LogP contribution in [0, 0.1) is 0 Å². The van der Waals surface area contributed by atoms with Gasteiger partial charge in [-0.1, -0.05) is 0 Å². The van der Waals surface area contributed by atoms with Crippen LogP contribution < -0.4 is 0 Å². The van der Waals surface area contributed by atoms with E-state index in [1.54, 1.807) is 0 Å². The molecule has 0 saturated heterocycles. The molecule has 0 aliphatic heterocycles. The average Bonchev–Trinajstić information content (AvgIpc) is 1.33. The molecule has 0 N–H and O–H groups in total. The van der Waals surface area contributed by atoms with Crippen LogP contribution >= 0.6 is 47.3 Å². The Balaban J connectivity index is 0. The molecule has 0 aliphatic rings. The van der Waals surface area contributed by atoms with Gasteiger partial charge >= 0.3 is 77.1 Å². The Morgan fingerprint density at radius 2 is 1.00 bits per heavy atom. The predicted octanol–water partition coefficient (Wildman–Crippen LogP) is 3.44. The first-order valence-electron chi connectivity index (χ1n) is 1.10. The van der Waals surface area contributed by atoms with Crippen LogP contribution in [0.15, 0.2) is 0 Å². The topological polar surface area (TPSA) is 0 Å². The van der Waals surface area contributed by atoms with Gasteiger partial charge in [-0.25, -0.2) is 0 Å². The molecule has 7 heteroatoms. The summed E-state index contributed by atoms with van der Waals surface area (Å²) in [6.45, 7) is 0. The van der Waals surface area contributed by atoms with E-state index in [0.29, 0.717) is 0 Å². The van der Waals surface area contributed by atoms with Crippen molar-refractivity contribution in [3.05, 3.63) is 0 Å². The Labute approximate surface area is 75.9 Å². The molecule has 0 atom stereocenters. The zero-order chi connectivity index (χ0) is 6.28. The number of hydrogen-bond donors (Lipinski definition) is 0. The zero-order valence-electron chi connectivity index (χ0n) is 3.10. The summed E-state index contributed by atoms with van der Waals surface area (Å²) in [5.74, 6) is 0. The first-order valence-corrected chi connectivity index (χ1v) is 15.3. The summed E-state index contributed by atoms with van der Waals surface area (Å²) >= 11 is -2.85. The summed E-state index contributed by atoms with van der Waals surface area (Å²) < 4.78 is 0. The van der Waals surface area contributed by atoms with Crippen molar-refractivity contribution in [2.75, 3.05) is 0 Å². The van der Waals surface area contributed by atoms with Crippen LogP contribution in [-0.2, 0) is 29.8 Å². The SMILES string of the molecule is [Cl][Ti]([Cl])[Cl].[Cl][Zn][Cl]. The van der Waals surface area contributed by atoms with Crippen molar-refractivity contribution in [2.24, 2.45) is 0 Å². The summed E-state index contributed by atoms with van der Waals surface area (Å²) in [6, 6.07) is 0. The van der Waals surface area contributed by atoms with E-state index in [9.17, 15) is 0 Å². The van der Waals surface area contributed by atoms with E-state index < -0.39 is 29.8 Å². The van der Waals surface area contributed by atoms with Crippen LogP contribution in [0.1, 0.15) is 0 Å². The van der Waals surface area contributed by atoms with Crippen molar-refractivity contribution in [3.8, 4) is 0 Å². The van der Waals surface area contributed by atoms with Crippen LogP contribution in [0.3, 0.4) is 0 Å². The first-order chi connectivity index (χ1) is 3.15. The standard InChI is InChI=1S/5ClH.Ti.Zn/h5*1H;;/q;;;;;+3;+2/p-5. The van der Waals surface area contributed by atoms with Gasteiger partial charge in [0.2, 0.25) is 0 Å². The van der Waals surface area contributed by atoms with E-state index in [1.807, 2.05) is 0 Å². The maximum absolute atomic E-state index is 4.97. The maximum atomic E-state index is 4.97. The second kappa shape index (κ2) is 11.6. The van der Waals surface area contributed by atoms with Gasteiger partial charge in [0.15, 0.2) is 0 Å². The third-order valence-corrected chi connectivity index (χ3v) is 0. The minimum atomic E-state index is -1.92. The molecule has 0 aromatic heterocycles. The van der Waals surface area contributed by atoms with Crippen molar-refractivity contribution >= 4 is 47.3 Å². The van der Waals surface area contributed by atoms with E-state index in [0.717, 1.165) is 0 Å². The molecule has 0 rings (SSSR count). The molecule has 7 heavy (non-hydrogen) atoms.